The highest BCUT2D eigenvalue weighted by molar-refractivity contribution is 5.92. The van der Waals surface area contributed by atoms with Crippen molar-refractivity contribution in [3.05, 3.63) is 34.9 Å². The lowest BCUT2D eigenvalue weighted by molar-refractivity contribution is -0.125. The summed E-state index contributed by atoms with van der Waals surface area (Å²) in [6.07, 6.45) is -0.909. The maximum atomic E-state index is 11.6. The van der Waals surface area contributed by atoms with E-state index in [1.807, 2.05) is 19.9 Å². The summed E-state index contributed by atoms with van der Waals surface area (Å²) in [5, 5.41) is 0. The molecule has 1 unspecified atom stereocenters. The number of benzene rings is 1. The first-order valence-electron chi connectivity index (χ1n) is 4.98. The lowest BCUT2D eigenvalue weighted by Crippen LogP contribution is -2.30. The van der Waals surface area contributed by atoms with Gasteiger partial charge in [0.2, 0.25) is 0 Å². The van der Waals surface area contributed by atoms with E-state index in [-0.39, 0.29) is 0 Å². The van der Waals surface area contributed by atoms with E-state index in [1.54, 1.807) is 12.1 Å². The predicted molar refractivity (Wildman–Crippen MR) is 60.0 cm³/mol. The number of hydrogen-bond acceptors (Lipinski definition) is 3. The second-order valence-electron chi connectivity index (χ2n) is 3.83. The van der Waals surface area contributed by atoms with Crippen LogP contribution >= 0.6 is 0 Å². The molecule has 0 bridgehead atoms. The van der Waals surface area contributed by atoms with Gasteiger partial charge in [-0.25, -0.2) is 4.79 Å². The minimum atomic E-state index is -0.909. The number of esters is 1. The molecule has 0 spiro atoms. The predicted octanol–water partition coefficient (Wildman–Crippen LogP) is 1.33. The van der Waals surface area contributed by atoms with E-state index in [2.05, 4.69) is 0 Å². The zero-order chi connectivity index (χ0) is 12.3. The summed E-state index contributed by atoms with van der Waals surface area (Å²) in [5.41, 5.74) is 7.38. The molecule has 4 nitrogen and oxygen atoms in total. The van der Waals surface area contributed by atoms with Crippen molar-refractivity contribution in [2.75, 3.05) is 0 Å². The molecule has 0 saturated carbocycles. The Bertz CT molecular complexity index is 406. The molecule has 0 radical (unpaired) electrons. The van der Waals surface area contributed by atoms with Gasteiger partial charge in [-0.1, -0.05) is 17.2 Å². The van der Waals surface area contributed by atoms with E-state index in [1.165, 1.54) is 6.92 Å². The van der Waals surface area contributed by atoms with Crippen molar-refractivity contribution in [1.29, 1.82) is 0 Å². The van der Waals surface area contributed by atoms with Gasteiger partial charge in [-0.2, -0.15) is 0 Å². The van der Waals surface area contributed by atoms with Crippen molar-refractivity contribution in [2.24, 2.45) is 5.73 Å². The number of rotatable bonds is 3. The molecule has 1 aromatic rings. The molecule has 0 heterocycles. The van der Waals surface area contributed by atoms with Crippen molar-refractivity contribution in [3.8, 4) is 0 Å². The molecule has 86 valence electrons. The topological polar surface area (TPSA) is 69.4 Å². The highest BCUT2D eigenvalue weighted by atomic mass is 16.5. The molecular formula is C12H15NO3. The Balaban J connectivity index is 2.84. The summed E-state index contributed by atoms with van der Waals surface area (Å²) in [5.74, 6) is -1.18. The molecule has 16 heavy (non-hydrogen) atoms. The maximum Gasteiger partial charge on any atom is 0.338 e. The molecule has 4 heteroatoms. The van der Waals surface area contributed by atoms with Crippen LogP contribution in [0.25, 0.3) is 0 Å². The molecule has 1 rings (SSSR count). The number of amides is 1. The number of primary amides is 1. The number of nitrogens with two attached hydrogens (primary N) is 1. The third-order valence-electron chi connectivity index (χ3n) is 2.14. The van der Waals surface area contributed by atoms with Crippen LogP contribution in [0.3, 0.4) is 0 Å². The minimum absolute atomic E-state index is 0.436. The zero-order valence-electron chi connectivity index (χ0n) is 9.61. The molecule has 1 aromatic carbocycles. The summed E-state index contributed by atoms with van der Waals surface area (Å²) in [4.78, 5) is 22.4. The van der Waals surface area contributed by atoms with E-state index in [9.17, 15) is 9.59 Å². The molecule has 0 aliphatic rings. The van der Waals surface area contributed by atoms with Crippen molar-refractivity contribution < 1.29 is 14.3 Å². The summed E-state index contributed by atoms with van der Waals surface area (Å²) >= 11 is 0. The molecule has 2 N–H and O–H groups in total. The van der Waals surface area contributed by atoms with Gasteiger partial charge >= 0.3 is 5.97 Å². The van der Waals surface area contributed by atoms with Crippen LogP contribution in [-0.4, -0.2) is 18.0 Å². The Hall–Kier alpha value is -1.84. The summed E-state index contributed by atoms with van der Waals surface area (Å²) in [7, 11) is 0. The lowest BCUT2D eigenvalue weighted by Gasteiger charge is -2.10. The van der Waals surface area contributed by atoms with Crippen LogP contribution in [0.5, 0.6) is 0 Å². The number of carbonyl (C=O) groups excluding carboxylic acids is 2. The average molecular weight is 221 g/mol. The van der Waals surface area contributed by atoms with Gasteiger partial charge in [0, 0.05) is 0 Å². The fraction of sp³-hybridized carbons (Fsp3) is 0.333. The largest absolute Gasteiger partial charge is 0.449 e. The second-order valence-corrected chi connectivity index (χ2v) is 3.83. The first-order valence-corrected chi connectivity index (χ1v) is 4.98. The van der Waals surface area contributed by atoms with E-state index < -0.39 is 18.0 Å². The monoisotopic (exact) mass is 221 g/mol. The van der Waals surface area contributed by atoms with Gasteiger partial charge in [-0.3, -0.25) is 4.79 Å². The maximum absolute atomic E-state index is 11.6. The molecule has 1 amide bonds. The van der Waals surface area contributed by atoms with Crippen LogP contribution in [0.15, 0.2) is 18.2 Å². The SMILES string of the molecule is Cc1cc(C)cc(C(=O)OC(C)C(N)=O)c1. The Morgan fingerprint density at radius 2 is 1.69 bits per heavy atom. The van der Waals surface area contributed by atoms with Crippen LogP contribution in [0.1, 0.15) is 28.4 Å². The van der Waals surface area contributed by atoms with E-state index in [0.717, 1.165) is 11.1 Å². The van der Waals surface area contributed by atoms with Gasteiger partial charge in [0.05, 0.1) is 5.56 Å². The summed E-state index contributed by atoms with van der Waals surface area (Å²) in [6.45, 7) is 5.23. The summed E-state index contributed by atoms with van der Waals surface area (Å²) < 4.78 is 4.89. The highest BCUT2D eigenvalue weighted by Gasteiger charge is 2.16. The van der Waals surface area contributed by atoms with Gasteiger partial charge in [-0.05, 0) is 32.9 Å². The lowest BCUT2D eigenvalue weighted by atomic mass is 10.1. The van der Waals surface area contributed by atoms with Crippen molar-refractivity contribution in [1.82, 2.24) is 0 Å². The number of ether oxygens (including phenoxy) is 1. The Labute approximate surface area is 94.4 Å². The van der Waals surface area contributed by atoms with E-state index in [4.69, 9.17) is 10.5 Å². The van der Waals surface area contributed by atoms with E-state index >= 15 is 0 Å². The van der Waals surface area contributed by atoms with Crippen LogP contribution in [0.2, 0.25) is 0 Å². The smallest absolute Gasteiger partial charge is 0.338 e. The third kappa shape index (κ3) is 3.08. The van der Waals surface area contributed by atoms with Crippen LogP contribution in [0.4, 0.5) is 0 Å². The molecule has 0 aliphatic heterocycles. The Kier molecular flexibility index (Phi) is 3.66. The second kappa shape index (κ2) is 4.79. The zero-order valence-corrected chi connectivity index (χ0v) is 9.61. The van der Waals surface area contributed by atoms with Gasteiger partial charge < -0.3 is 10.5 Å². The molecule has 1 atom stereocenters. The number of carbonyl (C=O) groups is 2. The van der Waals surface area contributed by atoms with Gasteiger partial charge in [0.1, 0.15) is 0 Å². The van der Waals surface area contributed by atoms with Crippen molar-refractivity contribution in [2.45, 2.75) is 26.9 Å². The van der Waals surface area contributed by atoms with Gasteiger partial charge in [0.25, 0.3) is 5.91 Å². The van der Waals surface area contributed by atoms with Crippen molar-refractivity contribution in [3.63, 3.8) is 0 Å². The normalized spacial score (nSPS) is 11.9. The molecular weight excluding hydrogens is 206 g/mol. The first kappa shape index (κ1) is 12.2. The fourth-order valence-corrected chi connectivity index (χ4v) is 1.38. The molecule has 0 aromatic heterocycles. The Morgan fingerprint density at radius 1 is 1.19 bits per heavy atom. The average Bonchev–Trinajstić information content (AvgIpc) is 2.15. The number of aryl methyl sites for hydroxylation is 2. The molecule has 0 saturated heterocycles. The first-order chi connectivity index (χ1) is 7.40. The third-order valence-corrected chi connectivity index (χ3v) is 2.14. The summed E-state index contributed by atoms with van der Waals surface area (Å²) in [6, 6.07) is 5.38. The van der Waals surface area contributed by atoms with Gasteiger partial charge in [0.15, 0.2) is 6.10 Å². The van der Waals surface area contributed by atoms with Crippen LogP contribution in [-0.2, 0) is 9.53 Å². The highest BCUT2D eigenvalue weighted by Crippen LogP contribution is 2.10. The quantitative estimate of drug-likeness (QED) is 0.783. The minimum Gasteiger partial charge on any atom is -0.449 e. The Morgan fingerprint density at radius 3 is 2.12 bits per heavy atom. The van der Waals surface area contributed by atoms with Gasteiger partial charge in [-0.15, -0.1) is 0 Å². The van der Waals surface area contributed by atoms with Crippen LogP contribution in [0, 0.1) is 13.8 Å². The van der Waals surface area contributed by atoms with Crippen LogP contribution < -0.4 is 5.73 Å². The van der Waals surface area contributed by atoms with E-state index in [0.29, 0.717) is 5.56 Å². The number of hydrogen-bond donors (Lipinski definition) is 1. The van der Waals surface area contributed by atoms with Crippen molar-refractivity contribution >= 4 is 11.9 Å². The fourth-order valence-electron chi connectivity index (χ4n) is 1.38. The molecule has 0 aliphatic carbocycles. The standard InChI is InChI=1S/C12H15NO3/c1-7-4-8(2)6-10(5-7)12(15)16-9(3)11(13)14/h4-6,9H,1-3H3,(H2,13,14). The molecule has 0 fully saturated rings.